The molecule has 0 aliphatic carbocycles. The van der Waals surface area contributed by atoms with Crippen molar-refractivity contribution in [3.05, 3.63) is 17.5 Å². The Morgan fingerprint density at radius 2 is 2.56 bits per heavy atom. The van der Waals surface area contributed by atoms with Gasteiger partial charge in [-0.2, -0.15) is 0 Å². The molecule has 0 saturated carbocycles. The number of methoxy groups -OCH3 is 1. The lowest BCUT2D eigenvalue weighted by molar-refractivity contribution is -0.138. The standard InChI is InChI=1S/C12H18N2O4/c1-17-8-11-5-9(13-18-11)7-14-4-2-3-10(14)6-12(15)16/h5,10H,2-4,6-8H2,1H3,(H,15,16). The molecule has 18 heavy (non-hydrogen) atoms. The lowest BCUT2D eigenvalue weighted by Crippen LogP contribution is -2.30. The van der Waals surface area contributed by atoms with Gasteiger partial charge in [0.2, 0.25) is 0 Å². The highest BCUT2D eigenvalue weighted by atomic mass is 16.5. The highest BCUT2D eigenvalue weighted by Crippen LogP contribution is 2.22. The van der Waals surface area contributed by atoms with Crippen LogP contribution >= 0.6 is 0 Å². The number of ether oxygens (including phenoxy) is 1. The molecule has 6 nitrogen and oxygen atoms in total. The van der Waals surface area contributed by atoms with Crippen molar-refractivity contribution in [1.29, 1.82) is 0 Å². The maximum absolute atomic E-state index is 10.8. The molecule has 1 aromatic rings. The molecule has 1 atom stereocenters. The molecule has 6 heteroatoms. The normalized spacial score (nSPS) is 20.4. The minimum absolute atomic E-state index is 0.116. The molecule has 1 saturated heterocycles. The summed E-state index contributed by atoms with van der Waals surface area (Å²) in [5, 5.41) is 12.8. The Morgan fingerprint density at radius 1 is 1.72 bits per heavy atom. The molecular weight excluding hydrogens is 236 g/mol. The number of carboxylic acid groups (broad SMARTS) is 1. The first-order valence-electron chi connectivity index (χ1n) is 6.08. The topological polar surface area (TPSA) is 75.8 Å². The van der Waals surface area contributed by atoms with E-state index in [2.05, 4.69) is 10.1 Å². The molecule has 1 unspecified atom stereocenters. The first-order valence-corrected chi connectivity index (χ1v) is 6.08. The van der Waals surface area contributed by atoms with Gasteiger partial charge in [-0.3, -0.25) is 9.69 Å². The number of nitrogens with zero attached hydrogens (tertiary/aromatic N) is 2. The van der Waals surface area contributed by atoms with E-state index in [0.29, 0.717) is 18.9 Å². The molecule has 1 fully saturated rings. The molecule has 0 radical (unpaired) electrons. The van der Waals surface area contributed by atoms with E-state index in [0.717, 1.165) is 25.1 Å². The second kappa shape index (κ2) is 5.97. The molecule has 1 N–H and O–H groups in total. The third-order valence-electron chi connectivity index (χ3n) is 3.17. The predicted octanol–water partition coefficient (Wildman–Crippen LogP) is 1.26. The average Bonchev–Trinajstić information content (AvgIpc) is 2.90. The number of aromatic nitrogens is 1. The van der Waals surface area contributed by atoms with E-state index < -0.39 is 5.97 Å². The maximum atomic E-state index is 10.8. The summed E-state index contributed by atoms with van der Waals surface area (Å²) in [5.74, 6) is -0.0476. The SMILES string of the molecule is COCc1cc(CN2CCCC2CC(=O)O)no1. The Morgan fingerprint density at radius 3 is 3.28 bits per heavy atom. The van der Waals surface area contributed by atoms with Crippen molar-refractivity contribution in [2.45, 2.75) is 38.5 Å². The van der Waals surface area contributed by atoms with Crippen LogP contribution in [0.5, 0.6) is 0 Å². The Bertz CT molecular complexity index is 405. The van der Waals surface area contributed by atoms with Gasteiger partial charge in [-0.15, -0.1) is 0 Å². The summed E-state index contributed by atoms with van der Waals surface area (Å²) in [7, 11) is 1.60. The largest absolute Gasteiger partial charge is 0.481 e. The predicted molar refractivity (Wildman–Crippen MR) is 62.9 cm³/mol. The van der Waals surface area contributed by atoms with E-state index in [9.17, 15) is 4.79 Å². The van der Waals surface area contributed by atoms with Crippen molar-refractivity contribution in [2.75, 3.05) is 13.7 Å². The van der Waals surface area contributed by atoms with Gasteiger partial charge in [0.25, 0.3) is 0 Å². The third-order valence-corrected chi connectivity index (χ3v) is 3.17. The summed E-state index contributed by atoms with van der Waals surface area (Å²) in [6.07, 6.45) is 2.18. The minimum Gasteiger partial charge on any atom is -0.481 e. The summed E-state index contributed by atoms with van der Waals surface area (Å²) in [4.78, 5) is 12.9. The van der Waals surface area contributed by atoms with Gasteiger partial charge in [0.05, 0.1) is 12.1 Å². The Kier molecular flexibility index (Phi) is 4.33. The van der Waals surface area contributed by atoms with Crippen LogP contribution in [0.25, 0.3) is 0 Å². The number of hydrogen-bond acceptors (Lipinski definition) is 5. The van der Waals surface area contributed by atoms with Gasteiger partial charge < -0.3 is 14.4 Å². The Labute approximate surface area is 106 Å². The number of likely N-dealkylation sites (tertiary alicyclic amines) is 1. The molecule has 0 aromatic carbocycles. The van der Waals surface area contributed by atoms with E-state index in [1.54, 1.807) is 7.11 Å². The number of rotatable bonds is 6. The van der Waals surface area contributed by atoms with Gasteiger partial charge in [0, 0.05) is 25.8 Å². The molecule has 2 heterocycles. The summed E-state index contributed by atoms with van der Waals surface area (Å²) >= 11 is 0. The van der Waals surface area contributed by atoms with Gasteiger partial charge in [-0.05, 0) is 19.4 Å². The average molecular weight is 254 g/mol. The van der Waals surface area contributed by atoms with Crippen LogP contribution in [0.3, 0.4) is 0 Å². The maximum Gasteiger partial charge on any atom is 0.304 e. The fraction of sp³-hybridized carbons (Fsp3) is 0.667. The van der Waals surface area contributed by atoms with Crippen molar-refractivity contribution >= 4 is 5.97 Å². The lowest BCUT2D eigenvalue weighted by Gasteiger charge is -2.21. The molecular formula is C12H18N2O4. The smallest absolute Gasteiger partial charge is 0.304 e. The van der Waals surface area contributed by atoms with Gasteiger partial charge >= 0.3 is 5.97 Å². The van der Waals surface area contributed by atoms with Crippen LogP contribution < -0.4 is 0 Å². The molecule has 1 aliphatic heterocycles. The molecule has 1 aromatic heterocycles. The van der Waals surface area contributed by atoms with Crippen molar-refractivity contribution in [2.24, 2.45) is 0 Å². The van der Waals surface area contributed by atoms with Gasteiger partial charge in [0.15, 0.2) is 5.76 Å². The molecule has 1 aliphatic rings. The second-order valence-electron chi connectivity index (χ2n) is 4.58. The minimum atomic E-state index is -0.743. The van der Waals surface area contributed by atoms with Crippen LogP contribution in [0.2, 0.25) is 0 Å². The van der Waals surface area contributed by atoms with Crippen LogP contribution in [0.15, 0.2) is 10.6 Å². The van der Waals surface area contributed by atoms with Crippen molar-refractivity contribution in [3.63, 3.8) is 0 Å². The highest BCUT2D eigenvalue weighted by molar-refractivity contribution is 5.67. The van der Waals surface area contributed by atoms with E-state index in [4.69, 9.17) is 14.4 Å². The zero-order valence-electron chi connectivity index (χ0n) is 10.5. The first kappa shape index (κ1) is 13.0. The van der Waals surface area contributed by atoms with Gasteiger partial charge in [-0.1, -0.05) is 5.16 Å². The molecule has 0 bridgehead atoms. The summed E-state index contributed by atoms with van der Waals surface area (Å²) < 4.78 is 10.1. The Hall–Kier alpha value is -1.40. The molecule has 2 rings (SSSR count). The number of carbonyl (C=O) groups is 1. The highest BCUT2D eigenvalue weighted by Gasteiger charge is 2.27. The fourth-order valence-electron chi connectivity index (χ4n) is 2.38. The summed E-state index contributed by atoms with van der Waals surface area (Å²) in [6, 6.07) is 1.98. The number of aliphatic carboxylic acids is 1. The van der Waals surface area contributed by atoms with Crippen LogP contribution in [-0.4, -0.2) is 40.8 Å². The van der Waals surface area contributed by atoms with E-state index in [-0.39, 0.29) is 12.5 Å². The zero-order chi connectivity index (χ0) is 13.0. The van der Waals surface area contributed by atoms with Crippen LogP contribution in [0.4, 0.5) is 0 Å². The van der Waals surface area contributed by atoms with Gasteiger partial charge in [0.1, 0.15) is 6.61 Å². The Balaban J connectivity index is 1.92. The molecule has 0 spiro atoms. The fourth-order valence-corrected chi connectivity index (χ4v) is 2.38. The second-order valence-corrected chi connectivity index (χ2v) is 4.58. The molecule has 0 amide bonds. The summed E-state index contributed by atoms with van der Waals surface area (Å²) in [5.41, 5.74) is 0.833. The van der Waals surface area contributed by atoms with Gasteiger partial charge in [-0.25, -0.2) is 0 Å². The summed E-state index contributed by atoms with van der Waals surface area (Å²) in [6.45, 7) is 1.97. The van der Waals surface area contributed by atoms with Crippen molar-refractivity contribution < 1.29 is 19.2 Å². The van der Waals surface area contributed by atoms with E-state index in [1.807, 2.05) is 6.07 Å². The van der Waals surface area contributed by atoms with Crippen LogP contribution in [0.1, 0.15) is 30.7 Å². The monoisotopic (exact) mass is 254 g/mol. The van der Waals surface area contributed by atoms with E-state index in [1.165, 1.54) is 0 Å². The van der Waals surface area contributed by atoms with Crippen LogP contribution in [0, 0.1) is 0 Å². The lowest BCUT2D eigenvalue weighted by atomic mass is 10.1. The third kappa shape index (κ3) is 3.30. The quantitative estimate of drug-likeness (QED) is 0.823. The van der Waals surface area contributed by atoms with Crippen molar-refractivity contribution in [3.8, 4) is 0 Å². The van der Waals surface area contributed by atoms with E-state index >= 15 is 0 Å². The molecule has 100 valence electrons. The van der Waals surface area contributed by atoms with Crippen LogP contribution in [-0.2, 0) is 22.7 Å². The van der Waals surface area contributed by atoms with Crippen molar-refractivity contribution in [1.82, 2.24) is 10.1 Å². The number of carboxylic acids is 1. The number of hydrogen-bond donors (Lipinski definition) is 1. The zero-order valence-corrected chi connectivity index (χ0v) is 10.5. The first-order chi connectivity index (χ1) is 8.69.